The highest BCUT2D eigenvalue weighted by Crippen LogP contribution is 2.42. The number of thiol groups is 1. The molecule has 0 aromatic heterocycles. The summed E-state index contributed by atoms with van der Waals surface area (Å²) in [7, 11) is 0. The van der Waals surface area contributed by atoms with E-state index >= 15 is 0 Å². The van der Waals surface area contributed by atoms with Crippen LogP contribution in [0.25, 0.3) is 0 Å². The summed E-state index contributed by atoms with van der Waals surface area (Å²) in [5.41, 5.74) is 8.57. The van der Waals surface area contributed by atoms with Gasteiger partial charge in [0.2, 0.25) is 0 Å². The Kier molecular flexibility index (Phi) is 5.59. The fourth-order valence-corrected chi connectivity index (χ4v) is 4.24. The monoisotopic (exact) mass is 398 g/mol. The molecule has 0 amide bonds. The summed E-state index contributed by atoms with van der Waals surface area (Å²) in [5, 5.41) is 3.66. The molecule has 146 valence electrons. The lowest BCUT2D eigenvalue weighted by molar-refractivity contribution is 0.730. The van der Waals surface area contributed by atoms with Crippen molar-refractivity contribution >= 4 is 18.5 Å². The molecule has 0 saturated heterocycles. The largest absolute Gasteiger partial charge is 0.343 e. The van der Waals surface area contributed by atoms with Crippen LogP contribution in [0.3, 0.4) is 0 Å². The first-order valence-corrected chi connectivity index (χ1v) is 10.5. The van der Waals surface area contributed by atoms with E-state index in [1.807, 2.05) is 18.2 Å². The molecule has 1 aliphatic heterocycles. The predicted molar refractivity (Wildman–Crippen MR) is 126 cm³/mol. The van der Waals surface area contributed by atoms with Crippen molar-refractivity contribution < 1.29 is 0 Å². The second-order valence-corrected chi connectivity index (χ2v) is 8.02. The lowest BCUT2D eigenvalue weighted by Gasteiger charge is -2.33. The van der Waals surface area contributed by atoms with Crippen molar-refractivity contribution in [3.8, 4) is 0 Å². The normalized spacial score (nSPS) is 19.1. The summed E-state index contributed by atoms with van der Waals surface area (Å²) < 4.78 is 0. The first-order chi connectivity index (χ1) is 14.1. The fraction of sp³-hybridized carbons (Fsp3) is 0.192. The molecule has 29 heavy (non-hydrogen) atoms. The number of aryl methyl sites for hydroxylation is 1. The first kappa shape index (κ1) is 19.5. The van der Waals surface area contributed by atoms with Gasteiger partial charge in [-0.25, -0.2) is 0 Å². The van der Waals surface area contributed by atoms with Crippen LogP contribution in [0.1, 0.15) is 42.5 Å². The average Bonchev–Trinajstić information content (AvgIpc) is 2.74. The van der Waals surface area contributed by atoms with Crippen LogP contribution in [-0.4, -0.2) is 5.84 Å². The number of benzene rings is 2. The number of allylic oxidation sites excluding steroid dienone is 5. The van der Waals surface area contributed by atoms with Crippen LogP contribution in [-0.2, 0) is 0 Å². The van der Waals surface area contributed by atoms with Crippen LogP contribution in [0.2, 0.25) is 0 Å². The minimum atomic E-state index is -0.0582. The Labute approximate surface area is 178 Å². The van der Waals surface area contributed by atoms with Crippen molar-refractivity contribution in [3.05, 3.63) is 112 Å². The Bertz CT molecular complexity index is 1070. The lowest BCUT2D eigenvalue weighted by Crippen LogP contribution is -2.33. The third kappa shape index (κ3) is 3.88. The SMILES string of the molecule is C=CC1=C(/C=C\C)C2=C(CC1)NC(c1cccc(C)c1)=NC2c1ccc(S)cc1. The summed E-state index contributed by atoms with van der Waals surface area (Å²) in [6.45, 7) is 8.23. The maximum absolute atomic E-state index is 5.20. The van der Waals surface area contributed by atoms with Crippen molar-refractivity contribution in [1.29, 1.82) is 0 Å². The second-order valence-electron chi connectivity index (χ2n) is 7.50. The van der Waals surface area contributed by atoms with E-state index in [0.29, 0.717) is 0 Å². The fourth-order valence-electron chi connectivity index (χ4n) is 4.09. The second kappa shape index (κ2) is 8.30. The minimum Gasteiger partial charge on any atom is -0.343 e. The highest BCUT2D eigenvalue weighted by Gasteiger charge is 2.31. The van der Waals surface area contributed by atoms with Gasteiger partial charge in [0.1, 0.15) is 11.9 Å². The van der Waals surface area contributed by atoms with Crippen LogP contribution in [0.4, 0.5) is 0 Å². The summed E-state index contributed by atoms with van der Waals surface area (Å²) in [6, 6.07) is 16.8. The number of nitrogens with one attached hydrogen (secondary N) is 1. The van der Waals surface area contributed by atoms with E-state index in [4.69, 9.17) is 4.99 Å². The van der Waals surface area contributed by atoms with Crippen molar-refractivity contribution in [1.82, 2.24) is 5.32 Å². The smallest absolute Gasteiger partial charge is 0.133 e. The molecule has 0 bridgehead atoms. The maximum Gasteiger partial charge on any atom is 0.133 e. The van der Waals surface area contributed by atoms with Gasteiger partial charge in [-0.05, 0) is 61.6 Å². The molecule has 2 aromatic rings. The number of rotatable bonds is 4. The molecular weight excluding hydrogens is 372 g/mol. The molecule has 0 fully saturated rings. The summed E-state index contributed by atoms with van der Waals surface area (Å²) in [4.78, 5) is 6.16. The van der Waals surface area contributed by atoms with Gasteiger partial charge in [0.25, 0.3) is 0 Å². The van der Waals surface area contributed by atoms with E-state index in [1.54, 1.807) is 0 Å². The number of aliphatic imine (C=N–C) groups is 1. The van der Waals surface area contributed by atoms with Crippen molar-refractivity contribution in [3.63, 3.8) is 0 Å². The van der Waals surface area contributed by atoms with Gasteiger partial charge in [-0.15, -0.1) is 12.6 Å². The number of amidine groups is 1. The molecule has 2 aromatic carbocycles. The topological polar surface area (TPSA) is 24.4 Å². The Morgan fingerprint density at radius 1 is 1.14 bits per heavy atom. The molecule has 1 unspecified atom stereocenters. The number of nitrogens with zero attached hydrogens (tertiary/aromatic N) is 1. The summed E-state index contributed by atoms with van der Waals surface area (Å²) >= 11 is 4.46. The zero-order valence-electron chi connectivity index (χ0n) is 16.9. The molecule has 1 aliphatic carbocycles. The molecule has 0 spiro atoms. The maximum atomic E-state index is 5.20. The average molecular weight is 399 g/mol. The Balaban J connectivity index is 1.89. The lowest BCUT2D eigenvalue weighted by atomic mass is 9.81. The van der Waals surface area contributed by atoms with E-state index in [-0.39, 0.29) is 6.04 Å². The van der Waals surface area contributed by atoms with Gasteiger partial charge >= 0.3 is 0 Å². The summed E-state index contributed by atoms with van der Waals surface area (Å²) in [5.74, 6) is 0.939. The highest BCUT2D eigenvalue weighted by molar-refractivity contribution is 7.80. The van der Waals surface area contributed by atoms with E-state index in [0.717, 1.165) is 29.1 Å². The Morgan fingerprint density at radius 3 is 2.62 bits per heavy atom. The standard InChI is InChI=1S/C26H26N2S/c1-4-7-22-18(5-2)12-15-23-24(22)25(19-10-13-21(29)14-11-19)28-26(27-23)20-9-6-8-17(3)16-20/h4-11,13-14,16,25,29H,2,12,15H2,1,3H3,(H,27,28)/b7-4-. The third-order valence-corrected chi connectivity index (χ3v) is 5.78. The van der Waals surface area contributed by atoms with Gasteiger partial charge < -0.3 is 5.32 Å². The molecule has 4 rings (SSSR count). The van der Waals surface area contributed by atoms with Crippen molar-refractivity contribution in [2.24, 2.45) is 4.99 Å². The van der Waals surface area contributed by atoms with Gasteiger partial charge in [0.15, 0.2) is 0 Å². The van der Waals surface area contributed by atoms with Crippen LogP contribution < -0.4 is 5.32 Å². The zero-order chi connectivity index (χ0) is 20.4. The van der Waals surface area contributed by atoms with Crippen molar-refractivity contribution in [2.75, 3.05) is 0 Å². The van der Waals surface area contributed by atoms with Crippen LogP contribution in [0.15, 0.2) is 106 Å². The number of hydrogen-bond acceptors (Lipinski definition) is 3. The summed E-state index contributed by atoms with van der Waals surface area (Å²) in [6.07, 6.45) is 8.23. The third-order valence-electron chi connectivity index (χ3n) is 5.49. The molecular formula is C26H26N2S. The van der Waals surface area contributed by atoms with E-state index in [9.17, 15) is 0 Å². The molecule has 0 radical (unpaired) electrons. The number of hydrogen-bond donors (Lipinski definition) is 2. The van der Waals surface area contributed by atoms with Crippen LogP contribution in [0.5, 0.6) is 0 Å². The Hall–Kier alpha value is -2.78. The molecule has 0 saturated carbocycles. The molecule has 1 atom stereocenters. The molecule has 1 heterocycles. The molecule has 1 N–H and O–H groups in total. The highest BCUT2D eigenvalue weighted by atomic mass is 32.1. The van der Waals surface area contributed by atoms with Gasteiger partial charge in [0, 0.05) is 21.7 Å². The minimum absolute atomic E-state index is 0.0582. The van der Waals surface area contributed by atoms with Crippen molar-refractivity contribution in [2.45, 2.75) is 37.6 Å². The molecule has 2 nitrogen and oxygen atoms in total. The van der Waals surface area contributed by atoms with E-state index < -0.39 is 0 Å². The molecule has 2 aliphatic rings. The van der Waals surface area contributed by atoms with Gasteiger partial charge in [-0.2, -0.15) is 0 Å². The zero-order valence-corrected chi connectivity index (χ0v) is 17.8. The van der Waals surface area contributed by atoms with Crippen LogP contribution in [0, 0.1) is 6.92 Å². The van der Waals surface area contributed by atoms with Crippen LogP contribution >= 0.6 is 12.6 Å². The van der Waals surface area contributed by atoms with Gasteiger partial charge in [-0.1, -0.05) is 60.7 Å². The predicted octanol–water partition coefficient (Wildman–Crippen LogP) is 6.48. The molecule has 3 heteroatoms. The Morgan fingerprint density at radius 2 is 1.93 bits per heavy atom. The van der Waals surface area contributed by atoms with Gasteiger partial charge in [-0.3, -0.25) is 4.99 Å². The quantitative estimate of drug-likeness (QED) is 0.566. The van der Waals surface area contributed by atoms with E-state index in [1.165, 1.54) is 33.5 Å². The first-order valence-electron chi connectivity index (χ1n) is 10.0. The van der Waals surface area contributed by atoms with Gasteiger partial charge in [0.05, 0.1) is 0 Å². The van der Waals surface area contributed by atoms with E-state index in [2.05, 4.69) is 86.9 Å².